The third-order valence-corrected chi connectivity index (χ3v) is 4.40. The predicted octanol–water partition coefficient (Wildman–Crippen LogP) is 2.23. The van der Waals surface area contributed by atoms with E-state index in [2.05, 4.69) is 0 Å². The first-order chi connectivity index (χ1) is 8.03. The van der Waals surface area contributed by atoms with E-state index in [9.17, 15) is 8.42 Å². The largest absolute Gasteiger partial charge is 0.397 e. The van der Waals surface area contributed by atoms with Crippen LogP contribution < -0.4 is 10.0 Å². The highest BCUT2D eigenvalue weighted by atomic mass is 32.2. The Balaban J connectivity index is 3.14. The van der Waals surface area contributed by atoms with Crippen LogP contribution in [0.4, 0.5) is 11.4 Å². The Labute approximate surface area is 103 Å². The summed E-state index contributed by atoms with van der Waals surface area (Å²) in [6.07, 6.45) is 1.37. The zero-order valence-electron chi connectivity index (χ0n) is 10.4. The number of para-hydroxylation sites is 2. The molecule has 2 N–H and O–H groups in total. The lowest BCUT2D eigenvalue weighted by molar-refractivity contribution is 0.589. The van der Waals surface area contributed by atoms with Crippen molar-refractivity contribution in [3.63, 3.8) is 0 Å². The second-order valence-electron chi connectivity index (χ2n) is 3.95. The monoisotopic (exact) mass is 256 g/mol. The molecule has 4 nitrogen and oxygen atoms in total. The molecule has 0 spiro atoms. The van der Waals surface area contributed by atoms with Crippen LogP contribution in [0.2, 0.25) is 0 Å². The van der Waals surface area contributed by atoms with Crippen LogP contribution in [0, 0.1) is 0 Å². The maximum absolute atomic E-state index is 12.1. The molecule has 0 aliphatic carbocycles. The highest BCUT2D eigenvalue weighted by Gasteiger charge is 2.22. The fourth-order valence-electron chi connectivity index (χ4n) is 1.70. The average molecular weight is 256 g/mol. The van der Waals surface area contributed by atoms with E-state index in [-0.39, 0.29) is 5.75 Å². The van der Waals surface area contributed by atoms with Gasteiger partial charge in [0.2, 0.25) is 10.0 Å². The summed E-state index contributed by atoms with van der Waals surface area (Å²) in [5.41, 5.74) is 6.92. The maximum Gasteiger partial charge on any atom is 0.235 e. The lowest BCUT2D eigenvalue weighted by atomic mass is 10.2. The molecular weight excluding hydrogens is 236 g/mol. The minimum Gasteiger partial charge on any atom is -0.397 e. The van der Waals surface area contributed by atoms with Gasteiger partial charge in [0.05, 0.1) is 17.1 Å². The summed E-state index contributed by atoms with van der Waals surface area (Å²) in [7, 11) is -3.26. The lowest BCUT2D eigenvalue weighted by Crippen LogP contribution is -2.34. The van der Waals surface area contributed by atoms with Crippen LogP contribution in [0.5, 0.6) is 0 Å². The average Bonchev–Trinajstić information content (AvgIpc) is 2.27. The normalized spacial score (nSPS) is 11.4. The Morgan fingerprint density at radius 1 is 1.18 bits per heavy atom. The Morgan fingerprint density at radius 2 is 1.82 bits per heavy atom. The number of benzene rings is 1. The van der Waals surface area contributed by atoms with E-state index >= 15 is 0 Å². The molecule has 5 heteroatoms. The first kappa shape index (κ1) is 13.8. The van der Waals surface area contributed by atoms with Gasteiger partial charge in [0, 0.05) is 6.54 Å². The van der Waals surface area contributed by atoms with E-state index in [0.29, 0.717) is 24.3 Å². The summed E-state index contributed by atoms with van der Waals surface area (Å²) >= 11 is 0. The van der Waals surface area contributed by atoms with E-state index in [1.54, 1.807) is 24.3 Å². The molecule has 0 aliphatic rings. The van der Waals surface area contributed by atoms with Crippen LogP contribution in [-0.4, -0.2) is 20.7 Å². The number of hydrogen-bond donors (Lipinski definition) is 1. The molecule has 96 valence electrons. The minimum absolute atomic E-state index is 0.154. The number of anilines is 2. The topological polar surface area (TPSA) is 63.4 Å². The molecule has 0 fully saturated rings. The molecule has 0 heterocycles. The van der Waals surface area contributed by atoms with Gasteiger partial charge in [0.25, 0.3) is 0 Å². The van der Waals surface area contributed by atoms with Crippen molar-refractivity contribution < 1.29 is 8.42 Å². The summed E-state index contributed by atoms with van der Waals surface area (Å²) in [6.45, 7) is 4.28. The predicted molar refractivity (Wildman–Crippen MR) is 72.6 cm³/mol. The lowest BCUT2D eigenvalue weighted by Gasteiger charge is -2.25. The number of nitrogens with two attached hydrogens (primary N) is 1. The van der Waals surface area contributed by atoms with Crippen molar-refractivity contribution >= 4 is 21.4 Å². The van der Waals surface area contributed by atoms with Crippen molar-refractivity contribution in [2.75, 3.05) is 22.3 Å². The summed E-state index contributed by atoms with van der Waals surface area (Å²) in [5.74, 6) is 0.154. The van der Waals surface area contributed by atoms with Crippen molar-refractivity contribution in [2.24, 2.45) is 0 Å². The Hall–Kier alpha value is -1.23. The Morgan fingerprint density at radius 3 is 2.35 bits per heavy atom. The first-order valence-electron chi connectivity index (χ1n) is 5.87. The van der Waals surface area contributed by atoms with Gasteiger partial charge in [0.1, 0.15) is 0 Å². The van der Waals surface area contributed by atoms with Crippen LogP contribution in [0.1, 0.15) is 26.7 Å². The fraction of sp³-hybridized carbons (Fsp3) is 0.500. The van der Waals surface area contributed by atoms with E-state index in [1.807, 2.05) is 13.8 Å². The Kier molecular flexibility index (Phi) is 4.81. The van der Waals surface area contributed by atoms with Crippen LogP contribution >= 0.6 is 0 Å². The molecule has 0 saturated heterocycles. The van der Waals surface area contributed by atoms with E-state index < -0.39 is 10.0 Å². The van der Waals surface area contributed by atoms with Crippen LogP contribution in [0.25, 0.3) is 0 Å². The van der Waals surface area contributed by atoms with Gasteiger partial charge < -0.3 is 5.73 Å². The van der Waals surface area contributed by atoms with Crippen molar-refractivity contribution in [1.29, 1.82) is 0 Å². The SMILES string of the molecule is CCCN(c1ccccc1N)S(=O)(=O)CCC. The van der Waals surface area contributed by atoms with Gasteiger partial charge in [0.15, 0.2) is 0 Å². The third kappa shape index (κ3) is 3.36. The van der Waals surface area contributed by atoms with Gasteiger partial charge in [-0.1, -0.05) is 26.0 Å². The van der Waals surface area contributed by atoms with Gasteiger partial charge in [-0.05, 0) is 25.0 Å². The number of sulfonamides is 1. The zero-order valence-corrected chi connectivity index (χ0v) is 11.2. The summed E-state index contributed by atoms with van der Waals surface area (Å²) in [5, 5.41) is 0. The molecule has 0 aromatic heterocycles. The van der Waals surface area contributed by atoms with E-state index in [0.717, 1.165) is 6.42 Å². The number of nitrogen functional groups attached to an aromatic ring is 1. The molecule has 17 heavy (non-hydrogen) atoms. The van der Waals surface area contributed by atoms with Crippen LogP contribution in [0.15, 0.2) is 24.3 Å². The molecule has 1 aromatic carbocycles. The number of hydrogen-bond acceptors (Lipinski definition) is 3. The molecule has 0 aliphatic heterocycles. The van der Waals surface area contributed by atoms with Gasteiger partial charge in [-0.15, -0.1) is 0 Å². The Bertz CT molecular complexity index is 457. The molecule has 1 aromatic rings. The standard InChI is InChI=1S/C12H20N2O2S/c1-3-9-14(17(15,16)10-4-2)12-8-6-5-7-11(12)13/h5-8H,3-4,9-10,13H2,1-2H3. The van der Waals surface area contributed by atoms with Crippen molar-refractivity contribution in [1.82, 2.24) is 0 Å². The highest BCUT2D eigenvalue weighted by Crippen LogP contribution is 2.25. The van der Waals surface area contributed by atoms with Crippen molar-refractivity contribution in [3.8, 4) is 0 Å². The third-order valence-electron chi connectivity index (χ3n) is 2.43. The smallest absolute Gasteiger partial charge is 0.235 e. The fourth-order valence-corrected chi connectivity index (χ4v) is 3.36. The van der Waals surface area contributed by atoms with Crippen molar-refractivity contribution in [2.45, 2.75) is 26.7 Å². The molecule has 0 bridgehead atoms. The van der Waals surface area contributed by atoms with Crippen LogP contribution in [-0.2, 0) is 10.0 Å². The first-order valence-corrected chi connectivity index (χ1v) is 7.48. The highest BCUT2D eigenvalue weighted by molar-refractivity contribution is 7.92. The molecular formula is C12H20N2O2S. The van der Waals surface area contributed by atoms with Gasteiger partial charge in [-0.3, -0.25) is 4.31 Å². The quantitative estimate of drug-likeness (QED) is 0.794. The zero-order chi connectivity index (χ0) is 12.9. The molecule has 0 atom stereocenters. The van der Waals surface area contributed by atoms with Gasteiger partial charge in [-0.25, -0.2) is 8.42 Å². The summed E-state index contributed by atoms with van der Waals surface area (Å²) < 4.78 is 25.7. The summed E-state index contributed by atoms with van der Waals surface area (Å²) in [6, 6.07) is 7.07. The number of nitrogens with zero attached hydrogens (tertiary/aromatic N) is 1. The van der Waals surface area contributed by atoms with E-state index in [1.165, 1.54) is 4.31 Å². The van der Waals surface area contributed by atoms with Gasteiger partial charge in [-0.2, -0.15) is 0 Å². The molecule has 0 radical (unpaired) electrons. The van der Waals surface area contributed by atoms with E-state index in [4.69, 9.17) is 5.73 Å². The molecule has 0 amide bonds. The minimum atomic E-state index is -3.26. The second-order valence-corrected chi connectivity index (χ2v) is 5.96. The molecule has 0 saturated carbocycles. The molecule has 0 unspecified atom stereocenters. The van der Waals surface area contributed by atoms with Crippen molar-refractivity contribution in [3.05, 3.63) is 24.3 Å². The number of rotatable bonds is 6. The van der Waals surface area contributed by atoms with Gasteiger partial charge >= 0.3 is 0 Å². The maximum atomic E-state index is 12.1. The van der Waals surface area contributed by atoms with Crippen LogP contribution in [0.3, 0.4) is 0 Å². The second kappa shape index (κ2) is 5.91. The summed E-state index contributed by atoms with van der Waals surface area (Å²) in [4.78, 5) is 0. The molecule has 1 rings (SSSR count).